The van der Waals surface area contributed by atoms with Crippen molar-refractivity contribution in [3.63, 3.8) is 0 Å². The summed E-state index contributed by atoms with van der Waals surface area (Å²) in [7, 11) is 0. The molecule has 1 aliphatic heterocycles. The molecule has 4 heteroatoms. The molecule has 0 bridgehead atoms. The van der Waals surface area contributed by atoms with Crippen LogP contribution in [0.25, 0.3) is 0 Å². The third kappa shape index (κ3) is 3.67. The lowest BCUT2D eigenvalue weighted by Gasteiger charge is -2.07. The molecule has 0 amide bonds. The van der Waals surface area contributed by atoms with E-state index in [9.17, 15) is 0 Å². The molecular formula is C7H15NO3. The SMILES string of the molecule is NCCCOCC1COCO1. The first-order valence-corrected chi connectivity index (χ1v) is 3.90. The first-order valence-electron chi connectivity index (χ1n) is 3.90. The highest BCUT2D eigenvalue weighted by atomic mass is 16.7. The molecule has 1 atom stereocenters. The lowest BCUT2D eigenvalue weighted by Crippen LogP contribution is -2.18. The zero-order chi connectivity index (χ0) is 7.94. The molecule has 0 saturated carbocycles. The van der Waals surface area contributed by atoms with Crippen LogP contribution in [0.3, 0.4) is 0 Å². The van der Waals surface area contributed by atoms with E-state index in [4.69, 9.17) is 19.9 Å². The molecule has 0 aromatic rings. The predicted molar refractivity (Wildman–Crippen MR) is 40.2 cm³/mol. The average molecular weight is 161 g/mol. The molecule has 1 heterocycles. The number of ether oxygens (including phenoxy) is 3. The van der Waals surface area contributed by atoms with Crippen molar-refractivity contribution in [3.05, 3.63) is 0 Å². The van der Waals surface area contributed by atoms with E-state index in [1.165, 1.54) is 0 Å². The maximum absolute atomic E-state index is 5.29. The fraction of sp³-hybridized carbons (Fsp3) is 1.00. The Kier molecular flexibility index (Phi) is 4.45. The number of nitrogens with two attached hydrogens (primary N) is 1. The third-order valence-corrected chi connectivity index (χ3v) is 1.49. The third-order valence-electron chi connectivity index (χ3n) is 1.49. The second kappa shape index (κ2) is 5.49. The number of rotatable bonds is 5. The lowest BCUT2D eigenvalue weighted by atomic mass is 10.4. The molecule has 0 aromatic heterocycles. The van der Waals surface area contributed by atoms with Crippen LogP contribution in [0.15, 0.2) is 0 Å². The van der Waals surface area contributed by atoms with Crippen LogP contribution in [0.2, 0.25) is 0 Å². The number of hydrogen-bond acceptors (Lipinski definition) is 4. The molecule has 1 aliphatic rings. The molecule has 66 valence electrons. The summed E-state index contributed by atoms with van der Waals surface area (Å²) < 4.78 is 15.4. The van der Waals surface area contributed by atoms with Gasteiger partial charge in [0.15, 0.2) is 0 Å². The Balaban J connectivity index is 1.86. The molecule has 1 unspecified atom stereocenters. The minimum Gasteiger partial charge on any atom is -0.379 e. The molecule has 1 rings (SSSR count). The maximum atomic E-state index is 5.29. The normalized spacial score (nSPS) is 24.3. The van der Waals surface area contributed by atoms with Crippen LogP contribution in [-0.2, 0) is 14.2 Å². The van der Waals surface area contributed by atoms with Crippen molar-refractivity contribution in [1.29, 1.82) is 0 Å². The molecule has 0 radical (unpaired) electrons. The van der Waals surface area contributed by atoms with Gasteiger partial charge >= 0.3 is 0 Å². The molecule has 0 aliphatic carbocycles. The number of hydrogen-bond donors (Lipinski definition) is 1. The van der Waals surface area contributed by atoms with E-state index in [0.717, 1.165) is 13.0 Å². The van der Waals surface area contributed by atoms with Crippen LogP contribution in [0.5, 0.6) is 0 Å². The highest BCUT2D eigenvalue weighted by Gasteiger charge is 2.15. The van der Waals surface area contributed by atoms with E-state index < -0.39 is 0 Å². The maximum Gasteiger partial charge on any atom is 0.147 e. The van der Waals surface area contributed by atoms with Crippen LogP contribution >= 0.6 is 0 Å². The Bertz CT molecular complexity index is 93.7. The largest absolute Gasteiger partial charge is 0.379 e. The van der Waals surface area contributed by atoms with Gasteiger partial charge in [-0.1, -0.05) is 0 Å². The summed E-state index contributed by atoms with van der Waals surface area (Å²) in [6.45, 7) is 3.09. The lowest BCUT2D eigenvalue weighted by molar-refractivity contribution is 0.00510. The van der Waals surface area contributed by atoms with Crippen molar-refractivity contribution in [3.8, 4) is 0 Å². The highest BCUT2D eigenvalue weighted by Crippen LogP contribution is 2.02. The van der Waals surface area contributed by atoms with Gasteiger partial charge in [-0.3, -0.25) is 0 Å². The molecule has 1 saturated heterocycles. The van der Waals surface area contributed by atoms with Crippen LogP contribution in [0, 0.1) is 0 Å². The van der Waals surface area contributed by atoms with Crippen LogP contribution < -0.4 is 5.73 Å². The second-order valence-corrected chi connectivity index (χ2v) is 2.49. The molecule has 0 aromatic carbocycles. The summed E-state index contributed by atoms with van der Waals surface area (Å²) >= 11 is 0. The van der Waals surface area contributed by atoms with E-state index in [2.05, 4.69) is 0 Å². The summed E-state index contributed by atoms with van der Waals surface area (Å²) in [6, 6.07) is 0. The van der Waals surface area contributed by atoms with Crippen LogP contribution in [-0.4, -0.2) is 39.3 Å². The van der Waals surface area contributed by atoms with Gasteiger partial charge < -0.3 is 19.9 Å². The monoisotopic (exact) mass is 161 g/mol. The van der Waals surface area contributed by atoms with E-state index in [0.29, 0.717) is 26.6 Å². The van der Waals surface area contributed by atoms with E-state index in [-0.39, 0.29) is 6.10 Å². The smallest absolute Gasteiger partial charge is 0.147 e. The summed E-state index contributed by atoms with van der Waals surface area (Å²) in [5, 5.41) is 0. The zero-order valence-electron chi connectivity index (χ0n) is 6.62. The Labute approximate surface area is 66.6 Å². The average Bonchev–Trinajstić information content (AvgIpc) is 2.50. The van der Waals surface area contributed by atoms with Crippen molar-refractivity contribution in [1.82, 2.24) is 0 Å². The Morgan fingerprint density at radius 2 is 2.45 bits per heavy atom. The van der Waals surface area contributed by atoms with Gasteiger partial charge in [0.1, 0.15) is 12.9 Å². The minimum absolute atomic E-state index is 0.132. The van der Waals surface area contributed by atoms with E-state index in [1.807, 2.05) is 0 Å². The van der Waals surface area contributed by atoms with E-state index in [1.54, 1.807) is 0 Å². The standard InChI is InChI=1S/C7H15NO3/c8-2-1-3-9-4-7-5-10-6-11-7/h7H,1-6,8H2. The second-order valence-electron chi connectivity index (χ2n) is 2.49. The first kappa shape index (κ1) is 8.93. The predicted octanol–water partition coefficient (Wildman–Crippen LogP) is -0.275. The van der Waals surface area contributed by atoms with Crippen molar-refractivity contribution >= 4 is 0 Å². The molecule has 2 N–H and O–H groups in total. The van der Waals surface area contributed by atoms with Gasteiger partial charge in [0, 0.05) is 6.61 Å². The van der Waals surface area contributed by atoms with Crippen molar-refractivity contribution in [2.24, 2.45) is 5.73 Å². The quantitative estimate of drug-likeness (QED) is 0.564. The molecular weight excluding hydrogens is 146 g/mol. The summed E-state index contributed by atoms with van der Waals surface area (Å²) in [6.07, 6.45) is 1.04. The van der Waals surface area contributed by atoms with Gasteiger partial charge in [-0.05, 0) is 13.0 Å². The molecule has 11 heavy (non-hydrogen) atoms. The fourth-order valence-corrected chi connectivity index (χ4v) is 0.868. The Morgan fingerprint density at radius 1 is 1.55 bits per heavy atom. The van der Waals surface area contributed by atoms with Gasteiger partial charge in [-0.15, -0.1) is 0 Å². The molecule has 4 nitrogen and oxygen atoms in total. The summed E-state index contributed by atoms with van der Waals surface area (Å²) in [5.74, 6) is 0. The molecule has 0 spiro atoms. The van der Waals surface area contributed by atoms with Gasteiger partial charge in [-0.25, -0.2) is 0 Å². The minimum atomic E-state index is 0.132. The van der Waals surface area contributed by atoms with Crippen LogP contribution in [0.4, 0.5) is 0 Å². The van der Waals surface area contributed by atoms with Crippen molar-refractivity contribution in [2.45, 2.75) is 12.5 Å². The zero-order valence-corrected chi connectivity index (χ0v) is 6.62. The van der Waals surface area contributed by atoms with E-state index >= 15 is 0 Å². The van der Waals surface area contributed by atoms with Crippen LogP contribution in [0.1, 0.15) is 6.42 Å². The van der Waals surface area contributed by atoms with Crippen molar-refractivity contribution in [2.75, 3.05) is 33.2 Å². The highest BCUT2D eigenvalue weighted by molar-refractivity contribution is 4.57. The first-order chi connectivity index (χ1) is 5.43. The molecule has 1 fully saturated rings. The topological polar surface area (TPSA) is 53.7 Å². The Hall–Kier alpha value is -0.160. The van der Waals surface area contributed by atoms with Gasteiger partial charge in [0.25, 0.3) is 0 Å². The van der Waals surface area contributed by atoms with Gasteiger partial charge in [0.2, 0.25) is 0 Å². The van der Waals surface area contributed by atoms with Gasteiger partial charge in [-0.2, -0.15) is 0 Å². The summed E-state index contributed by atoms with van der Waals surface area (Å²) in [4.78, 5) is 0. The van der Waals surface area contributed by atoms with Crippen molar-refractivity contribution < 1.29 is 14.2 Å². The van der Waals surface area contributed by atoms with Gasteiger partial charge in [0.05, 0.1) is 13.2 Å². The fourth-order valence-electron chi connectivity index (χ4n) is 0.868. The Morgan fingerprint density at radius 3 is 3.09 bits per heavy atom. The summed E-state index contributed by atoms with van der Waals surface area (Å²) in [5.41, 5.74) is 5.29.